The first-order chi connectivity index (χ1) is 7.53. The SMILES string of the molecule is CN1CCC(NCC(C)(C)CCCO)CC1. The number of rotatable bonds is 6. The second kappa shape index (κ2) is 6.58. The Hall–Kier alpha value is -0.120. The van der Waals surface area contributed by atoms with Crippen LogP contribution in [-0.2, 0) is 0 Å². The Kier molecular flexibility index (Phi) is 5.73. The van der Waals surface area contributed by atoms with Gasteiger partial charge in [-0.05, 0) is 51.2 Å². The molecule has 3 nitrogen and oxygen atoms in total. The van der Waals surface area contributed by atoms with E-state index in [4.69, 9.17) is 5.11 Å². The summed E-state index contributed by atoms with van der Waals surface area (Å²) in [7, 11) is 2.20. The lowest BCUT2D eigenvalue weighted by molar-refractivity contribution is 0.202. The molecule has 16 heavy (non-hydrogen) atoms. The number of hydrogen-bond acceptors (Lipinski definition) is 3. The van der Waals surface area contributed by atoms with E-state index >= 15 is 0 Å². The van der Waals surface area contributed by atoms with E-state index < -0.39 is 0 Å². The molecule has 0 amide bonds. The van der Waals surface area contributed by atoms with Crippen LogP contribution in [0.3, 0.4) is 0 Å². The van der Waals surface area contributed by atoms with Crippen LogP contribution in [-0.4, -0.2) is 49.3 Å². The molecule has 1 heterocycles. The molecule has 0 bridgehead atoms. The van der Waals surface area contributed by atoms with Crippen LogP contribution in [0.2, 0.25) is 0 Å². The van der Waals surface area contributed by atoms with Crippen LogP contribution in [0, 0.1) is 5.41 Å². The first-order valence-electron chi connectivity index (χ1n) is 6.56. The van der Waals surface area contributed by atoms with Crippen molar-refractivity contribution < 1.29 is 5.11 Å². The van der Waals surface area contributed by atoms with Gasteiger partial charge in [-0.2, -0.15) is 0 Å². The molecule has 0 radical (unpaired) electrons. The topological polar surface area (TPSA) is 35.5 Å². The van der Waals surface area contributed by atoms with Gasteiger partial charge >= 0.3 is 0 Å². The van der Waals surface area contributed by atoms with Gasteiger partial charge in [-0.1, -0.05) is 13.8 Å². The standard InChI is InChI=1S/C13H28N2O/c1-13(2,7-4-10-16)11-14-12-5-8-15(3)9-6-12/h12,14,16H,4-11H2,1-3H3. The number of nitrogens with zero attached hydrogens (tertiary/aromatic N) is 1. The lowest BCUT2D eigenvalue weighted by atomic mass is 9.87. The minimum Gasteiger partial charge on any atom is -0.396 e. The van der Waals surface area contributed by atoms with Crippen molar-refractivity contribution in [2.24, 2.45) is 5.41 Å². The minimum atomic E-state index is 0.312. The maximum Gasteiger partial charge on any atom is 0.0431 e. The quantitative estimate of drug-likeness (QED) is 0.722. The van der Waals surface area contributed by atoms with Crippen LogP contribution in [0.15, 0.2) is 0 Å². The van der Waals surface area contributed by atoms with E-state index in [0.29, 0.717) is 18.1 Å². The average molecular weight is 228 g/mol. The third kappa shape index (κ3) is 5.28. The zero-order chi connectivity index (χ0) is 12.0. The molecule has 3 heteroatoms. The highest BCUT2D eigenvalue weighted by Crippen LogP contribution is 2.21. The predicted octanol–water partition coefficient (Wildman–Crippen LogP) is 1.47. The van der Waals surface area contributed by atoms with Crippen molar-refractivity contribution in [2.75, 3.05) is 33.3 Å². The second-order valence-corrected chi connectivity index (χ2v) is 5.95. The van der Waals surface area contributed by atoms with Gasteiger partial charge in [0.15, 0.2) is 0 Å². The molecular formula is C13H28N2O. The summed E-state index contributed by atoms with van der Waals surface area (Å²) < 4.78 is 0. The maximum absolute atomic E-state index is 8.85. The highest BCUT2D eigenvalue weighted by molar-refractivity contribution is 4.79. The van der Waals surface area contributed by atoms with Gasteiger partial charge in [-0.3, -0.25) is 0 Å². The van der Waals surface area contributed by atoms with Crippen molar-refractivity contribution in [3.05, 3.63) is 0 Å². The Balaban J connectivity index is 2.17. The van der Waals surface area contributed by atoms with E-state index in [-0.39, 0.29) is 0 Å². The fourth-order valence-corrected chi connectivity index (χ4v) is 2.28. The van der Waals surface area contributed by atoms with Crippen LogP contribution in [0.25, 0.3) is 0 Å². The van der Waals surface area contributed by atoms with Gasteiger partial charge < -0.3 is 15.3 Å². The van der Waals surface area contributed by atoms with E-state index in [2.05, 4.69) is 31.1 Å². The smallest absolute Gasteiger partial charge is 0.0431 e. The molecule has 0 aromatic heterocycles. The van der Waals surface area contributed by atoms with E-state index in [1.165, 1.54) is 25.9 Å². The lowest BCUT2D eigenvalue weighted by Gasteiger charge is -2.33. The third-order valence-corrected chi connectivity index (χ3v) is 3.60. The fraction of sp³-hybridized carbons (Fsp3) is 1.00. The minimum absolute atomic E-state index is 0.312. The summed E-state index contributed by atoms with van der Waals surface area (Å²) in [6.07, 6.45) is 4.56. The largest absolute Gasteiger partial charge is 0.396 e. The molecular weight excluding hydrogens is 200 g/mol. The van der Waals surface area contributed by atoms with Gasteiger partial charge in [-0.25, -0.2) is 0 Å². The number of aliphatic hydroxyl groups is 1. The first-order valence-corrected chi connectivity index (χ1v) is 6.56. The Labute approximate surface area is 100 Å². The van der Waals surface area contributed by atoms with Crippen LogP contribution >= 0.6 is 0 Å². The van der Waals surface area contributed by atoms with Gasteiger partial charge in [0.05, 0.1) is 0 Å². The molecule has 2 N–H and O–H groups in total. The highest BCUT2D eigenvalue weighted by Gasteiger charge is 2.21. The molecule has 0 atom stereocenters. The zero-order valence-electron chi connectivity index (χ0n) is 11.1. The molecule has 1 rings (SSSR count). The molecule has 0 spiro atoms. The summed E-state index contributed by atoms with van der Waals surface area (Å²) in [5, 5.41) is 12.5. The van der Waals surface area contributed by atoms with E-state index in [9.17, 15) is 0 Å². The molecule has 0 saturated carbocycles. The molecule has 0 aromatic carbocycles. The first kappa shape index (κ1) is 13.9. The maximum atomic E-state index is 8.85. The van der Waals surface area contributed by atoms with E-state index in [1.54, 1.807) is 0 Å². The zero-order valence-corrected chi connectivity index (χ0v) is 11.1. The van der Waals surface area contributed by atoms with Gasteiger partial charge in [0.25, 0.3) is 0 Å². The summed E-state index contributed by atoms with van der Waals surface area (Å²) in [4.78, 5) is 2.40. The van der Waals surface area contributed by atoms with Crippen molar-refractivity contribution >= 4 is 0 Å². The molecule has 0 aromatic rings. The molecule has 96 valence electrons. The van der Waals surface area contributed by atoms with Gasteiger partial charge in [0.1, 0.15) is 0 Å². The number of piperidine rings is 1. The van der Waals surface area contributed by atoms with Crippen molar-refractivity contribution in [1.29, 1.82) is 0 Å². The van der Waals surface area contributed by atoms with Crippen molar-refractivity contribution in [3.8, 4) is 0 Å². The van der Waals surface area contributed by atoms with Gasteiger partial charge in [0, 0.05) is 19.2 Å². The highest BCUT2D eigenvalue weighted by atomic mass is 16.2. The number of likely N-dealkylation sites (tertiary alicyclic amines) is 1. The summed E-state index contributed by atoms with van der Waals surface area (Å²) in [6, 6.07) is 0.699. The molecule has 1 aliphatic heterocycles. The summed E-state index contributed by atoms with van der Waals surface area (Å²) in [5.74, 6) is 0. The Morgan fingerprint density at radius 1 is 1.31 bits per heavy atom. The monoisotopic (exact) mass is 228 g/mol. The van der Waals surface area contributed by atoms with E-state index in [0.717, 1.165) is 19.4 Å². The molecule has 1 saturated heterocycles. The van der Waals surface area contributed by atoms with Crippen molar-refractivity contribution in [3.63, 3.8) is 0 Å². The van der Waals surface area contributed by atoms with Crippen LogP contribution in [0.4, 0.5) is 0 Å². The fourth-order valence-electron chi connectivity index (χ4n) is 2.28. The average Bonchev–Trinajstić information content (AvgIpc) is 2.26. The Morgan fingerprint density at radius 2 is 1.94 bits per heavy atom. The number of hydrogen-bond donors (Lipinski definition) is 2. The normalized spacial score (nSPS) is 20.2. The van der Waals surface area contributed by atoms with E-state index in [1.807, 2.05) is 0 Å². The summed E-state index contributed by atoms with van der Waals surface area (Å²) >= 11 is 0. The van der Waals surface area contributed by atoms with Gasteiger partial charge in [-0.15, -0.1) is 0 Å². The van der Waals surface area contributed by atoms with Gasteiger partial charge in [0.2, 0.25) is 0 Å². The molecule has 1 aliphatic rings. The second-order valence-electron chi connectivity index (χ2n) is 5.95. The molecule has 0 unspecified atom stereocenters. The van der Waals surface area contributed by atoms with Crippen LogP contribution in [0.1, 0.15) is 39.5 Å². The van der Waals surface area contributed by atoms with Crippen LogP contribution < -0.4 is 5.32 Å². The lowest BCUT2D eigenvalue weighted by Crippen LogP contribution is -2.44. The summed E-state index contributed by atoms with van der Waals surface area (Å²) in [5.41, 5.74) is 0.312. The molecule has 0 aliphatic carbocycles. The summed E-state index contributed by atoms with van der Waals surface area (Å²) in [6.45, 7) is 8.39. The molecule has 1 fully saturated rings. The Bertz CT molecular complexity index is 186. The predicted molar refractivity (Wildman–Crippen MR) is 68.6 cm³/mol. The Morgan fingerprint density at radius 3 is 2.50 bits per heavy atom. The van der Waals surface area contributed by atoms with Crippen LogP contribution in [0.5, 0.6) is 0 Å². The van der Waals surface area contributed by atoms with Crippen molar-refractivity contribution in [2.45, 2.75) is 45.6 Å². The number of aliphatic hydroxyl groups excluding tert-OH is 1. The van der Waals surface area contributed by atoms with Crippen molar-refractivity contribution in [1.82, 2.24) is 10.2 Å². The third-order valence-electron chi connectivity index (χ3n) is 3.60. The number of nitrogens with one attached hydrogen (secondary N) is 1.